The molecule has 1 heterocycles. The van der Waals surface area contributed by atoms with Crippen LogP contribution in [0.5, 0.6) is 11.5 Å². The minimum Gasteiger partial charge on any atom is -0.453 e. The lowest BCUT2D eigenvalue weighted by Crippen LogP contribution is -2.16. The largest absolute Gasteiger partial charge is 0.453 e. The predicted molar refractivity (Wildman–Crippen MR) is 112 cm³/mol. The van der Waals surface area contributed by atoms with Crippen LogP contribution in [0.4, 0.5) is 17.1 Å². The average Bonchev–Trinajstić information content (AvgIpc) is 2.73. The lowest BCUT2D eigenvalue weighted by atomic mass is 10.0. The molecule has 5 rings (SSSR count). The van der Waals surface area contributed by atoms with Crippen molar-refractivity contribution in [1.29, 1.82) is 0 Å². The molecule has 0 unspecified atom stereocenters. The first-order valence-electron chi connectivity index (χ1n) is 8.82. The maximum Gasteiger partial charge on any atom is 0.151 e. The molecule has 1 aliphatic rings. The van der Waals surface area contributed by atoms with Gasteiger partial charge in [0.25, 0.3) is 0 Å². The van der Waals surface area contributed by atoms with Crippen LogP contribution in [-0.4, -0.2) is 0 Å². The number of ether oxygens (including phenoxy) is 1. The summed E-state index contributed by atoms with van der Waals surface area (Å²) in [5.41, 5.74) is 5.13. The summed E-state index contributed by atoms with van der Waals surface area (Å²) in [4.78, 5) is 2.16. The van der Waals surface area contributed by atoms with Crippen molar-refractivity contribution >= 4 is 28.7 Å². The van der Waals surface area contributed by atoms with Crippen molar-refractivity contribution in [3.05, 3.63) is 102 Å². The van der Waals surface area contributed by atoms with E-state index in [4.69, 9.17) is 16.3 Å². The Labute approximate surface area is 163 Å². The standard InChI is InChI=1S/C24H16ClNO/c25-19-16-18(17-8-2-1-3-9-17)14-15-20(19)26-21-10-4-6-12-23(21)27-24-13-7-5-11-22(24)26/h1-16H. The summed E-state index contributed by atoms with van der Waals surface area (Å²) < 4.78 is 6.08. The van der Waals surface area contributed by atoms with Crippen LogP contribution in [0.2, 0.25) is 5.02 Å². The highest BCUT2D eigenvalue weighted by molar-refractivity contribution is 6.34. The summed E-state index contributed by atoms with van der Waals surface area (Å²) in [5, 5.41) is 0.697. The molecule has 0 aliphatic carbocycles. The molecule has 4 aromatic rings. The van der Waals surface area contributed by atoms with E-state index in [1.54, 1.807) is 0 Å². The van der Waals surface area contributed by atoms with Gasteiger partial charge in [-0.05, 0) is 47.5 Å². The molecule has 0 atom stereocenters. The van der Waals surface area contributed by atoms with E-state index >= 15 is 0 Å². The fourth-order valence-corrected chi connectivity index (χ4v) is 3.73. The maximum absolute atomic E-state index is 6.76. The number of para-hydroxylation sites is 4. The van der Waals surface area contributed by atoms with E-state index in [1.165, 1.54) is 0 Å². The van der Waals surface area contributed by atoms with Gasteiger partial charge in [0.2, 0.25) is 0 Å². The number of hydrogen-bond donors (Lipinski definition) is 0. The van der Waals surface area contributed by atoms with Crippen LogP contribution < -0.4 is 9.64 Å². The summed E-state index contributed by atoms with van der Waals surface area (Å²) in [6.07, 6.45) is 0. The normalized spacial score (nSPS) is 12.1. The molecule has 0 amide bonds. The summed E-state index contributed by atoms with van der Waals surface area (Å²) in [6, 6.07) is 32.5. The van der Waals surface area contributed by atoms with Gasteiger partial charge in [0, 0.05) is 0 Å². The molecule has 130 valence electrons. The third-order valence-electron chi connectivity index (χ3n) is 4.73. The summed E-state index contributed by atoms with van der Waals surface area (Å²) in [5.74, 6) is 1.64. The zero-order valence-electron chi connectivity index (χ0n) is 14.5. The SMILES string of the molecule is Clc1cc(-c2ccccc2)ccc1N1c2ccccc2Oc2ccccc21. The van der Waals surface area contributed by atoms with Crippen LogP contribution in [0.1, 0.15) is 0 Å². The predicted octanol–water partition coefficient (Wildman–Crippen LogP) is 7.58. The Balaban J connectivity index is 1.67. The molecule has 2 nitrogen and oxygen atoms in total. The van der Waals surface area contributed by atoms with E-state index in [0.29, 0.717) is 5.02 Å². The average molecular weight is 370 g/mol. The fraction of sp³-hybridized carbons (Fsp3) is 0. The van der Waals surface area contributed by atoms with Gasteiger partial charge < -0.3 is 9.64 Å². The van der Waals surface area contributed by atoms with Gasteiger partial charge in [0.15, 0.2) is 11.5 Å². The van der Waals surface area contributed by atoms with Gasteiger partial charge in [-0.25, -0.2) is 0 Å². The highest BCUT2D eigenvalue weighted by Gasteiger charge is 2.26. The summed E-state index contributed by atoms with van der Waals surface area (Å²) >= 11 is 6.76. The number of hydrogen-bond acceptors (Lipinski definition) is 2. The van der Waals surface area contributed by atoms with Gasteiger partial charge in [-0.15, -0.1) is 0 Å². The number of halogens is 1. The first-order valence-corrected chi connectivity index (χ1v) is 9.20. The lowest BCUT2D eigenvalue weighted by molar-refractivity contribution is 0.477. The summed E-state index contributed by atoms with van der Waals surface area (Å²) in [6.45, 7) is 0. The molecule has 0 radical (unpaired) electrons. The quantitative estimate of drug-likeness (QED) is 0.318. The number of rotatable bonds is 2. The second-order valence-corrected chi connectivity index (χ2v) is 6.81. The third-order valence-corrected chi connectivity index (χ3v) is 5.03. The molecule has 0 saturated carbocycles. The van der Waals surface area contributed by atoms with Crippen LogP contribution in [0, 0.1) is 0 Å². The Kier molecular flexibility index (Phi) is 3.84. The Bertz CT molecular complexity index is 1080. The van der Waals surface area contributed by atoms with Gasteiger partial charge in [-0.3, -0.25) is 0 Å². The molecule has 0 spiro atoms. The van der Waals surface area contributed by atoms with Crippen LogP contribution in [0.3, 0.4) is 0 Å². The molecule has 27 heavy (non-hydrogen) atoms. The summed E-state index contributed by atoms with van der Waals surface area (Å²) in [7, 11) is 0. The minimum atomic E-state index is 0.697. The van der Waals surface area contributed by atoms with Crippen molar-refractivity contribution in [1.82, 2.24) is 0 Å². The zero-order valence-corrected chi connectivity index (χ0v) is 15.2. The van der Waals surface area contributed by atoms with Crippen molar-refractivity contribution < 1.29 is 4.74 Å². The smallest absolute Gasteiger partial charge is 0.151 e. The van der Waals surface area contributed by atoms with E-state index < -0.39 is 0 Å². The van der Waals surface area contributed by atoms with Crippen molar-refractivity contribution in [2.24, 2.45) is 0 Å². The van der Waals surface area contributed by atoms with E-state index in [2.05, 4.69) is 29.2 Å². The molecular formula is C24H16ClNO. The second-order valence-electron chi connectivity index (χ2n) is 6.41. The number of benzene rings is 4. The van der Waals surface area contributed by atoms with Crippen molar-refractivity contribution in [3.63, 3.8) is 0 Å². The molecule has 0 bridgehead atoms. The van der Waals surface area contributed by atoms with Crippen molar-refractivity contribution in [3.8, 4) is 22.6 Å². The minimum absolute atomic E-state index is 0.697. The Morgan fingerprint density at radius 1 is 0.556 bits per heavy atom. The number of anilines is 3. The van der Waals surface area contributed by atoms with Crippen molar-refractivity contribution in [2.45, 2.75) is 0 Å². The van der Waals surface area contributed by atoms with Crippen LogP contribution >= 0.6 is 11.6 Å². The molecule has 4 aromatic carbocycles. The molecule has 0 fully saturated rings. The van der Waals surface area contributed by atoms with Crippen LogP contribution in [-0.2, 0) is 0 Å². The molecule has 0 aromatic heterocycles. The molecular weight excluding hydrogens is 354 g/mol. The molecule has 0 N–H and O–H groups in total. The van der Waals surface area contributed by atoms with E-state index in [9.17, 15) is 0 Å². The number of nitrogens with zero attached hydrogens (tertiary/aromatic N) is 1. The van der Waals surface area contributed by atoms with Gasteiger partial charge in [-0.1, -0.05) is 72.3 Å². The van der Waals surface area contributed by atoms with Gasteiger partial charge in [-0.2, -0.15) is 0 Å². The van der Waals surface area contributed by atoms with Gasteiger partial charge >= 0.3 is 0 Å². The van der Waals surface area contributed by atoms with Gasteiger partial charge in [0.05, 0.1) is 22.1 Å². The number of fused-ring (bicyclic) bond motifs is 2. The second kappa shape index (κ2) is 6.49. The van der Waals surface area contributed by atoms with Crippen LogP contribution in [0.15, 0.2) is 97.1 Å². The van der Waals surface area contributed by atoms with Gasteiger partial charge in [0.1, 0.15) is 0 Å². The molecule has 1 aliphatic heterocycles. The molecule has 0 saturated heterocycles. The van der Waals surface area contributed by atoms with E-state index in [-0.39, 0.29) is 0 Å². The maximum atomic E-state index is 6.76. The topological polar surface area (TPSA) is 12.5 Å². The first-order chi connectivity index (χ1) is 13.3. The molecule has 3 heteroatoms. The highest BCUT2D eigenvalue weighted by atomic mass is 35.5. The van der Waals surface area contributed by atoms with Crippen LogP contribution in [0.25, 0.3) is 11.1 Å². The van der Waals surface area contributed by atoms with Crippen molar-refractivity contribution in [2.75, 3.05) is 4.90 Å². The van der Waals surface area contributed by atoms with E-state index in [0.717, 1.165) is 39.7 Å². The zero-order chi connectivity index (χ0) is 18.2. The first kappa shape index (κ1) is 16.0. The fourth-order valence-electron chi connectivity index (χ4n) is 3.46. The third kappa shape index (κ3) is 2.75. The monoisotopic (exact) mass is 369 g/mol. The van der Waals surface area contributed by atoms with E-state index in [1.807, 2.05) is 72.8 Å². The Hall–Kier alpha value is -3.23. The Morgan fingerprint density at radius 3 is 1.78 bits per heavy atom. The highest BCUT2D eigenvalue weighted by Crippen LogP contribution is 2.51. The lowest BCUT2D eigenvalue weighted by Gasteiger charge is -2.33. The Morgan fingerprint density at radius 2 is 1.15 bits per heavy atom.